The third-order valence-electron chi connectivity index (χ3n) is 21.4. The Bertz CT molecular complexity index is 6800. The fourth-order valence-electron chi connectivity index (χ4n) is 15.5. The van der Waals surface area contributed by atoms with Gasteiger partial charge in [0.05, 0.1) is 61.5 Å². The van der Waals surface area contributed by atoms with Gasteiger partial charge in [-0.15, -0.1) is 0 Å². The molecule has 0 radical (unpaired) electrons. The Morgan fingerprint density at radius 3 is 1.24 bits per heavy atom. The van der Waals surface area contributed by atoms with Crippen LogP contribution >= 0.6 is 0 Å². The fraction of sp³-hybridized carbons (Fsp3) is 0.284. The van der Waals surface area contributed by atoms with Gasteiger partial charge in [0.15, 0.2) is 64.0 Å². The molecule has 7 aromatic carbocycles. The molecule has 0 amide bonds. The normalized spacial score (nSPS) is 12.1. The zero-order valence-electron chi connectivity index (χ0n) is 83.1. The summed E-state index contributed by atoms with van der Waals surface area (Å²) >= 11 is 0. The zero-order valence-corrected chi connectivity index (χ0v) is 83.1. The van der Waals surface area contributed by atoms with Crippen LogP contribution in [0.1, 0.15) is 138 Å². The van der Waals surface area contributed by atoms with Gasteiger partial charge in [-0.1, -0.05) is 81.2 Å². The molecule has 13 rings (SSSR count). The van der Waals surface area contributed by atoms with E-state index in [0.29, 0.717) is 163 Å². The van der Waals surface area contributed by atoms with Crippen LogP contribution in [0.5, 0.6) is 11.5 Å². The van der Waals surface area contributed by atoms with Gasteiger partial charge in [-0.25, -0.2) is 14.2 Å². The number of aromatic carboxylic acids is 2. The molecule has 6 aliphatic rings. The van der Waals surface area contributed by atoms with Gasteiger partial charge >= 0.3 is 65.7 Å². The first-order valence-corrected chi connectivity index (χ1v) is 45.7. The Morgan fingerprint density at radius 2 is 0.777 bits per heavy atom. The second-order valence-electron chi connectivity index (χ2n) is 32.0. The Balaban J connectivity index is 0.000000283. The van der Waals surface area contributed by atoms with Crippen molar-refractivity contribution in [3.63, 3.8) is 0 Å². The summed E-state index contributed by atoms with van der Waals surface area (Å²) in [4.78, 5) is 173. The van der Waals surface area contributed by atoms with Crippen LogP contribution < -0.4 is 44.4 Å². The van der Waals surface area contributed by atoms with Crippen molar-refractivity contribution in [2.45, 2.75) is 96.1 Å². The number of rotatable bonds is 37. The standard InChI is InChI=1S/2C34H34N2O9.C34H33N2O9.3C2H4O2.CH4/c1-5-35(14-17-41-22(2)37)25-10-12-29-31(20-25)44-32-21-26(36(15-18-42-23(3)38)16-19-43-24(4)39)11-13-30(32)34(29)28-9-7-6-8-27(28)33(40)45-34;2*1-5-35(14-17-42-22(2)37)25-10-12-29-31(20-25)45-32-21-26(36(15-18-43-23(3)38)16-19-44-24(4)39)11-13-30(32)33(29)27-8-6-7-9-28(27)34(40)41;3*1-2(3)4;/h2*5-13,20-21H,1,14-19H2,2-4H3;5-13,15,20-21H,1,14,16-19H2,2-4H3;3*1H3,(H,3,4);1H4/q;;+1;;;;/p+1. The quantitative estimate of drug-likeness (QED) is 0.00923. The number of aliphatic carboxylic acids is 3. The van der Waals surface area contributed by atoms with Crippen molar-refractivity contribution in [2.75, 3.05) is 127 Å². The van der Waals surface area contributed by atoms with Gasteiger partial charge in [-0.05, 0) is 96.8 Å². The van der Waals surface area contributed by atoms with Crippen LogP contribution in [0, 0.1) is 0 Å². The topological polar surface area (TPSA) is 507 Å². The highest BCUT2D eigenvalue weighted by atomic mass is 16.6. The largest absolute Gasteiger partial charge is 0.545 e. The van der Waals surface area contributed by atoms with Crippen LogP contribution in [-0.4, -0.2) is 233 Å². The van der Waals surface area contributed by atoms with Gasteiger partial charge in [0.25, 0.3) is 17.9 Å². The monoisotopic (exact) mass is 2040 g/mol. The van der Waals surface area contributed by atoms with Crippen LogP contribution in [0.4, 0.5) is 22.7 Å². The lowest BCUT2D eigenvalue weighted by Gasteiger charge is -2.37. The van der Waals surface area contributed by atoms with Crippen molar-refractivity contribution < 1.29 is 163 Å². The van der Waals surface area contributed by atoms with Crippen molar-refractivity contribution in [3.05, 3.63) is 264 Å². The number of carboxylic acid groups (broad SMARTS) is 5. The minimum absolute atomic E-state index is 0. The number of esters is 10. The number of hydrogen-bond donors (Lipinski definition) is 4. The molecule has 2 aliphatic carbocycles. The molecule has 39 nitrogen and oxygen atoms in total. The van der Waals surface area contributed by atoms with E-state index >= 15 is 0 Å². The second-order valence-corrected chi connectivity index (χ2v) is 32.0. The molecule has 0 aromatic heterocycles. The molecule has 1 spiro atoms. The maximum absolute atomic E-state index is 13.3. The SMILES string of the molecule is C.C=CN(CCOC(C)=O)c1ccc2c(-c3ccccc3C(=O)[O-])c3ccc(=[N+](CCOC(C)=O)CCOC(C)=O)cc-3oc2c1.C=CN(CCOC(C)=O)c1ccc2c(c1)Oc1cc(N(CCOC(C)=O)CCOC(C)=O)ccc1C21OC(=O)c2ccccc21.C=C[N+](CCOC(C)=O)=c1ccc2c(-c3ccccc3C(=O)O)c3ccc([N+](=CCOC(C)=O)CCOC(C)=O)cc3oc-2c1.CC(=O)O.CC(=O)O.CC(=O)O. The van der Waals surface area contributed by atoms with E-state index in [1.807, 2.05) is 122 Å². The van der Waals surface area contributed by atoms with E-state index in [1.54, 1.807) is 107 Å². The molecule has 4 aliphatic heterocycles. The lowest BCUT2D eigenvalue weighted by atomic mass is 9.77. The molecule has 148 heavy (non-hydrogen) atoms. The van der Waals surface area contributed by atoms with E-state index in [2.05, 4.69) is 19.7 Å². The number of carbonyl (C=O) groups excluding carboxylic acids is 11. The predicted octanol–water partition coefficient (Wildman–Crippen LogP) is 12.8. The maximum atomic E-state index is 13.3. The van der Waals surface area contributed by atoms with E-state index in [1.165, 1.54) is 68.4 Å². The summed E-state index contributed by atoms with van der Waals surface area (Å²) in [5.41, 5.74) is 8.69. The number of hydrogen-bond acceptors (Lipinski definition) is 32. The summed E-state index contributed by atoms with van der Waals surface area (Å²) in [7, 11) is 0. The average Bonchev–Trinajstić information content (AvgIpc) is 1.50. The molecule has 4 N–H and O–H groups in total. The lowest BCUT2D eigenvalue weighted by Crippen LogP contribution is -2.36. The number of benzene rings is 9. The Hall–Kier alpha value is -17.9. The van der Waals surface area contributed by atoms with E-state index in [9.17, 15) is 67.7 Å². The van der Waals surface area contributed by atoms with Crippen LogP contribution in [-0.2, 0) is 111 Å². The van der Waals surface area contributed by atoms with Gasteiger partial charge in [-0.2, -0.15) is 9.15 Å². The molecular weight excluding hydrogens is 1920 g/mol. The first-order valence-electron chi connectivity index (χ1n) is 45.7. The van der Waals surface area contributed by atoms with Gasteiger partial charge < -0.3 is 106 Å². The molecule has 780 valence electrons. The molecule has 0 saturated heterocycles. The number of ether oxygens (including phenoxy) is 11. The fourth-order valence-corrected chi connectivity index (χ4v) is 15.5. The van der Waals surface area contributed by atoms with Crippen LogP contribution in [0.25, 0.3) is 66.8 Å². The van der Waals surface area contributed by atoms with Crippen molar-refractivity contribution in [3.8, 4) is 56.4 Å². The van der Waals surface area contributed by atoms with Crippen LogP contribution in [0.3, 0.4) is 0 Å². The number of carbonyl (C=O) groups is 15. The Labute approximate surface area is 851 Å². The first kappa shape index (κ1) is 117. The molecule has 4 heterocycles. The highest BCUT2D eigenvalue weighted by Crippen LogP contribution is 2.57. The van der Waals surface area contributed by atoms with Crippen molar-refractivity contribution >= 4 is 140 Å². The van der Waals surface area contributed by atoms with Gasteiger partial charge in [0, 0.05) is 192 Å². The third kappa shape index (κ3) is 33.6. The highest BCUT2D eigenvalue weighted by Gasteiger charge is 2.54. The molecule has 1 atom stereocenters. The molecule has 1 unspecified atom stereocenters. The Morgan fingerprint density at radius 1 is 0.392 bits per heavy atom. The van der Waals surface area contributed by atoms with E-state index in [-0.39, 0.29) is 102 Å². The Kier molecular flexibility index (Phi) is 44.9. The van der Waals surface area contributed by atoms with E-state index in [4.69, 9.17) is 90.6 Å². The third-order valence-corrected chi connectivity index (χ3v) is 21.4. The molecule has 0 fully saturated rings. The summed E-state index contributed by atoms with van der Waals surface area (Å²) in [5.74, 6) is -7.12. The smallest absolute Gasteiger partial charge is 0.340 e. The molecule has 0 bridgehead atoms. The zero-order chi connectivity index (χ0) is 108. The van der Waals surface area contributed by atoms with E-state index < -0.39 is 77.2 Å². The minimum atomic E-state index is -1.31. The summed E-state index contributed by atoms with van der Waals surface area (Å²) < 4.78 is 77.4. The minimum Gasteiger partial charge on any atom is -0.545 e. The highest BCUT2D eigenvalue weighted by molar-refractivity contribution is 6.09. The first-order chi connectivity index (χ1) is 70.0. The van der Waals surface area contributed by atoms with Crippen LogP contribution in [0.15, 0.2) is 229 Å². The lowest BCUT2D eigenvalue weighted by molar-refractivity contribution is -0.440. The van der Waals surface area contributed by atoms with Gasteiger partial charge in [-0.3, -0.25) is 57.5 Å². The summed E-state index contributed by atoms with van der Waals surface area (Å²) in [6, 6.07) is 53.7. The number of nitrogens with zero attached hydrogens (tertiary/aromatic N) is 6. The molecule has 0 saturated carbocycles. The van der Waals surface area contributed by atoms with Gasteiger partial charge in [0.1, 0.15) is 73.8 Å². The van der Waals surface area contributed by atoms with Crippen molar-refractivity contribution in [1.82, 2.24) is 9.15 Å². The molecule has 39 heteroatoms. The second kappa shape index (κ2) is 56.8. The van der Waals surface area contributed by atoms with E-state index in [0.717, 1.165) is 37.5 Å². The molecule has 7 aromatic rings. The predicted molar refractivity (Wildman–Crippen MR) is 542 cm³/mol. The average molecular weight is 2040 g/mol. The van der Waals surface area contributed by atoms with Crippen LogP contribution in [0.2, 0.25) is 0 Å². The summed E-state index contributed by atoms with van der Waals surface area (Å²) in [6.45, 7) is 30.6. The van der Waals surface area contributed by atoms with Crippen molar-refractivity contribution in [1.29, 1.82) is 0 Å². The summed E-state index contributed by atoms with van der Waals surface area (Å²) in [5, 5.41) is 47.2. The number of anilines is 3. The maximum Gasteiger partial charge on any atom is 0.340 e. The van der Waals surface area contributed by atoms with Crippen molar-refractivity contribution in [2.24, 2.45) is 0 Å². The van der Waals surface area contributed by atoms with Gasteiger partial charge in [0.2, 0.25) is 16.4 Å². The summed E-state index contributed by atoms with van der Waals surface area (Å²) in [6.07, 6.45) is 6.52. The molecular formula is C109H118N6O33+2. The number of carboxylic acids is 5. The number of fused-ring (bicyclic) bond motifs is 10.